The topological polar surface area (TPSA) is 87.2 Å². The highest BCUT2D eigenvalue weighted by molar-refractivity contribution is 6.04. The molecule has 6 rings (SSSR count). The van der Waals surface area contributed by atoms with Gasteiger partial charge in [0.1, 0.15) is 5.82 Å². The average Bonchev–Trinajstić information content (AvgIpc) is 3.31. The summed E-state index contributed by atoms with van der Waals surface area (Å²) in [5.41, 5.74) is 0.276. The zero-order valence-electron chi connectivity index (χ0n) is 16.2. The first kappa shape index (κ1) is 16.9. The normalized spacial score (nSPS) is 25.6. The Balaban J connectivity index is 1.53. The van der Waals surface area contributed by atoms with Crippen molar-refractivity contribution in [2.45, 2.75) is 44.9 Å². The number of cyclic esters (lactones) is 2. The molecule has 2 aromatic rings. The van der Waals surface area contributed by atoms with Crippen molar-refractivity contribution < 1.29 is 28.5 Å². The minimum atomic E-state index is -1.36. The molecule has 29 heavy (non-hydrogen) atoms. The van der Waals surface area contributed by atoms with E-state index in [-0.39, 0.29) is 19.3 Å². The standard InChI is InChI=1S/C21H20N2O6/c1-20(2)28-18(24)21(19(25)29-20)9-12-6-11-7-14-15(27-10-26-14)8-13(11)22-17(12)23-5-3-4-16(21)23/h6-8,16H,3-5,9-10H2,1-2H3. The molecule has 8 nitrogen and oxygen atoms in total. The quantitative estimate of drug-likeness (QED) is 0.495. The molecule has 4 aliphatic rings. The zero-order chi connectivity index (χ0) is 20.0. The van der Waals surface area contributed by atoms with Gasteiger partial charge in [-0.05, 0) is 30.5 Å². The third kappa shape index (κ3) is 2.17. The number of hydrogen-bond acceptors (Lipinski definition) is 8. The van der Waals surface area contributed by atoms with Crippen molar-refractivity contribution in [3.8, 4) is 11.5 Å². The number of rotatable bonds is 0. The number of ether oxygens (including phenoxy) is 4. The Hall–Kier alpha value is -3.03. The van der Waals surface area contributed by atoms with Crippen LogP contribution in [0, 0.1) is 5.41 Å². The fourth-order valence-electron chi connectivity index (χ4n) is 5.08. The summed E-state index contributed by atoms with van der Waals surface area (Å²) in [6, 6.07) is 5.42. The molecule has 4 aliphatic heterocycles. The SMILES string of the molecule is CC1(C)OC(=O)C2(Cc3cc4cc5c(cc4nc3N3CCCC32)OCO5)C(=O)O1. The lowest BCUT2D eigenvalue weighted by Gasteiger charge is -2.48. The van der Waals surface area contributed by atoms with Gasteiger partial charge in [0.15, 0.2) is 16.9 Å². The molecule has 0 bridgehead atoms. The van der Waals surface area contributed by atoms with Crippen molar-refractivity contribution in [3.05, 3.63) is 23.8 Å². The third-order valence-electron chi connectivity index (χ3n) is 6.33. The van der Waals surface area contributed by atoms with Gasteiger partial charge in [0.2, 0.25) is 6.79 Å². The van der Waals surface area contributed by atoms with Crippen LogP contribution in [0.1, 0.15) is 32.3 Å². The van der Waals surface area contributed by atoms with Crippen molar-refractivity contribution in [2.24, 2.45) is 5.41 Å². The lowest BCUT2D eigenvalue weighted by atomic mass is 9.71. The van der Waals surface area contributed by atoms with Crippen LogP contribution in [-0.4, -0.2) is 42.1 Å². The lowest BCUT2D eigenvalue weighted by Crippen LogP contribution is -2.64. The highest BCUT2D eigenvalue weighted by Crippen LogP contribution is 2.50. The summed E-state index contributed by atoms with van der Waals surface area (Å²) in [5, 5.41) is 0.874. The summed E-state index contributed by atoms with van der Waals surface area (Å²) in [7, 11) is 0. The number of hydrogen-bond donors (Lipinski definition) is 0. The largest absolute Gasteiger partial charge is 0.454 e. The van der Waals surface area contributed by atoms with Gasteiger partial charge in [-0.2, -0.15) is 0 Å². The monoisotopic (exact) mass is 396 g/mol. The molecule has 2 saturated heterocycles. The smallest absolute Gasteiger partial charge is 0.329 e. The van der Waals surface area contributed by atoms with Crippen LogP contribution in [0.5, 0.6) is 11.5 Å². The molecule has 0 saturated carbocycles. The van der Waals surface area contributed by atoms with Crippen LogP contribution in [0.15, 0.2) is 18.2 Å². The maximum absolute atomic E-state index is 13.2. The van der Waals surface area contributed by atoms with Crippen molar-refractivity contribution in [2.75, 3.05) is 18.2 Å². The van der Waals surface area contributed by atoms with E-state index in [2.05, 4.69) is 4.90 Å². The van der Waals surface area contributed by atoms with E-state index < -0.39 is 23.1 Å². The van der Waals surface area contributed by atoms with Gasteiger partial charge in [-0.3, -0.25) is 9.59 Å². The molecule has 1 spiro atoms. The number of fused-ring (bicyclic) bond motifs is 6. The Bertz CT molecular complexity index is 1070. The molecule has 0 N–H and O–H groups in total. The van der Waals surface area contributed by atoms with Crippen LogP contribution in [0.3, 0.4) is 0 Å². The summed E-state index contributed by atoms with van der Waals surface area (Å²) < 4.78 is 22.0. The number of benzene rings is 1. The molecule has 0 radical (unpaired) electrons. The highest BCUT2D eigenvalue weighted by atomic mass is 16.7. The molecular formula is C21H20N2O6. The van der Waals surface area contributed by atoms with Crippen molar-refractivity contribution >= 4 is 28.7 Å². The van der Waals surface area contributed by atoms with E-state index in [1.54, 1.807) is 13.8 Å². The van der Waals surface area contributed by atoms with Crippen LogP contribution in [0.25, 0.3) is 10.9 Å². The number of carbonyl (C=O) groups is 2. The summed E-state index contributed by atoms with van der Waals surface area (Å²) in [4.78, 5) is 33.3. The Morgan fingerprint density at radius 2 is 1.79 bits per heavy atom. The molecular weight excluding hydrogens is 376 g/mol. The predicted octanol–water partition coefficient (Wildman–Crippen LogP) is 2.31. The zero-order valence-corrected chi connectivity index (χ0v) is 16.2. The molecule has 1 unspecified atom stereocenters. The Labute approximate surface area is 166 Å². The Kier molecular flexibility index (Phi) is 3.09. The number of aromatic nitrogens is 1. The van der Waals surface area contributed by atoms with E-state index in [4.69, 9.17) is 23.9 Å². The first-order valence-electron chi connectivity index (χ1n) is 9.84. The van der Waals surface area contributed by atoms with E-state index in [0.717, 1.165) is 35.2 Å². The molecule has 150 valence electrons. The van der Waals surface area contributed by atoms with Crippen LogP contribution in [0.2, 0.25) is 0 Å². The summed E-state index contributed by atoms with van der Waals surface area (Å²) >= 11 is 0. The second-order valence-corrected chi connectivity index (χ2v) is 8.55. The summed E-state index contributed by atoms with van der Waals surface area (Å²) in [6.07, 6.45) is 1.80. The number of anilines is 1. The maximum Gasteiger partial charge on any atom is 0.329 e. The van der Waals surface area contributed by atoms with E-state index in [1.165, 1.54) is 0 Å². The maximum atomic E-state index is 13.2. The molecule has 0 aliphatic carbocycles. The first-order chi connectivity index (χ1) is 13.9. The molecule has 0 amide bonds. The summed E-state index contributed by atoms with van der Waals surface area (Å²) in [5.74, 6) is -0.101. The van der Waals surface area contributed by atoms with Crippen molar-refractivity contribution in [1.82, 2.24) is 4.98 Å². The van der Waals surface area contributed by atoms with Gasteiger partial charge in [-0.25, -0.2) is 4.98 Å². The lowest BCUT2D eigenvalue weighted by molar-refractivity contribution is -0.252. The number of pyridine rings is 1. The number of esters is 2. The second kappa shape index (κ2) is 5.31. The van der Waals surface area contributed by atoms with Crippen molar-refractivity contribution in [3.63, 3.8) is 0 Å². The fourth-order valence-corrected chi connectivity index (χ4v) is 5.08. The van der Waals surface area contributed by atoms with Crippen LogP contribution in [0.4, 0.5) is 5.82 Å². The molecule has 1 atom stereocenters. The molecule has 1 aromatic heterocycles. The summed E-state index contributed by atoms with van der Waals surface area (Å²) in [6.45, 7) is 4.08. The van der Waals surface area contributed by atoms with Gasteiger partial charge >= 0.3 is 11.9 Å². The van der Waals surface area contributed by atoms with E-state index >= 15 is 0 Å². The van der Waals surface area contributed by atoms with Gasteiger partial charge in [-0.1, -0.05) is 0 Å². The van der Waals surface area contributed by atoms with Gasteiger partial charge in [-0.15, -0.1) is 0 Å². The predicted molar refractivity (Wildman–Crippen MR) is 101 cm³/mol. The van der Waals surface area contributed by atoms with Gasteiger partial charge < -0.3 is 23.8 Å². The van der Waals surface area contributed by atoms with Gasteiger partial charge in [0.05, 0.1) is 11.6 Å². The second-order valence-electron chi connectivity index (χ2n) is 8.55. The molecule has 2 fully saturated rings. The van der Waals surface area contributed by atoms with Gasteiger partial charge in [0, 0.05) is 38.3 Å². The Morgan fingerprint density at radius 1 is 1.07 bits per heavy atom. The van der Waals surface area contributed by atoms with Crippen LogP contribution < -0.4 is 14.4 Å². The third-order valence-corrected chi connectivity index (χ3v) is 6.33. The molecule has 5 heterocycles. The first-order valence-corrected chi connectivity index (χ1v) is 9.84. The highest BCUT2D eigenvalue weighted by Gasteiger charge is 2.64. The minimum Gasteiger partial charge on any atom is -0.454 e. The van der Waals surface area contributed by atoms with E-state index in [1.807, 2.05) is 18.2 Å². The van der Waals surface area contributed by atoms with Crippen LogP contribution in [-0.2, 0) is 25.5 Å². The Morgan fingerprint density at radius 3 is 2.55 bits per heavy atom. The van der Waals surface area contributed by atoms with Gasteiger partial charge in [0.25, 0.3) is 5.79 Å². The average molecular weight is 396 g/mol. The molecule has 8 heteroatoms. The fraction of sp³-hybridized carbons (Fsp3) is 0.476. The van der Waals surface area contributed by atoms with Crippen LogP contribution >= 0.6 is 0 Å². The molecule has 1 aromatic carbocycles. The number of nitrogens with zero attached hydrogens (tertiary/aromatic N) is 2. The minimum absolute atomic E-state index is 0.191. The number of carbonyl (C=O) groups excluding carboxylic acids is 2. The van der Waals surface area contributed by atoms with Crippen molar-refractivity contribution in [1.29, 1.82) is 0 Å². The van der Waals surface area contributed by atoms with E-state index in [9.17, 15) is 9.59 Å². The van der Waals surface area contributed by atoms with E-state index in [0.29, 0.717) is 17.9 Å².